The zero-order valence-corrected chi connectivity index (χ0v) is 12.3. The zero-order valence-electron chi connectivity index (χ0n) is 9.92. The van der Waals surface area contributed by atoms with Crippen LogP contribution in [0.3, 0.4) is 0 Å². The molecule has 0 aliphatic carbocycles. The molecule has 2 aromatic rings. The van der Waals surface area contributed by atoms with E-state index < -0.39 is 0 Å². The van der Waals surface area contributed by atoms with Crippen molar-refractivity contribution >= 4 is 40.4 Å². The quantitative estimate of drug-likeness (QED) is 0.851. The summed E-state index contributed by atoms with van der Waals surface area (Å²) in [6, 6.07) is 1.71. The van der Waals surface area contributed by atoms with E-state index >= 15 is 0 Å². The van der Waals surface area contributed by atoms with Gasteiger partial charge in [0, 0.05) is 24.3 Å². The number of aromatic nitrogens is 2. The van der Waals surface area contributed by atoms with Crippen molar-refractivity contribution in [2.45, 2.75) is 6.10 Å². The lowest BCUT2D eigenvalue weighted by Gasteiger charge is -2.33. The molecule has 0 radical (unpaired) electrons. The second-order valence-corrected chi connectivity index (χ2v) is 5.90. The van der Waals surface area contributed by atoms with E-state index in [0.29, 0.717) is 23.2 Å². The van der Waals surface area contributed by atoms with E-state index in [1.807, 2.05) is 5.38 Å². The van der Waals surface area contributed by atoms with Crippen molar-refractivity contribution in [1.82, 2.24) is 9.97 Å². The highest BCUT2D eigenvalue weighted by Crippen LogP contribution is 2.31. The van der Waals surface area contributed by atoms with Gasteiger partial charge in [0.15, 0.2) is 0 Å². The number of anilines is 1. The number of pyridine rings is 1. The molecule has 100 valence electrons. The maximum atomic E-state index is 6.19. The van der Waals surface area contributed by atoms with E-state index in [0.717, 1.165) is 17.4 Å². The summed E-state index contributed by atoms with van der Waals surface area (Å²) < 4.78 is 5.75. The van der Waals surface area contributed by atoms with Crippen LogP contribution in [0.1, 0.15) is 11.1 Å². The second-order valence-electron chi connectivity index (χ2n) is 4.13. The minimum atomic E-state index is -0.0257. The van der Waals surface area contributed by atoms with Gasteiger partial charge in [-0.3, -0.25) is 0 Å². The van der Waals surface area contributed by atoms with E-state index in [9.17, 15) is 0 Å². The number of rotatable bonds is 2. The first-order chi connectivity index (χ1) is 9.24. The molecule has 2 aromatic heterocycles. The molecule has 0 amide bonds. The summed E-state index contributed by atoms with van der Waals surface area (Å²) in [4.78, 5) is 10.7. The molecule has 0 bridgehead atoms. The molecule has 19 heavy (non-hydrogen) atoms. The first kappa shape index (κ1) is 13.1. The summed E-state index contributed by atoms with van der Waals surface area (Å²) in [6.45, 7) is 2.09. The van der Waals surface area contributed by atoms with Gasteiger partial charge in [-0.1, -0.05) is 23.2 Å². The van der Waals surface area contributed by atoms with Gasteiger partial charge in [-0.05, 0) is 6.07 Å². The Balaban J connectivity index is 1.81. The predicted molar refractivity (Wildman–Crippen MR) is 77.3 cm³/mol. The minimum Gasteiger partial charge on any atom is -0.367 e. The third-order valence-electron chi connectivity index (χ3n) is 2.88. The third kappa shape index (κ3) is 2.84. The Kier molecular flexibility index (Phi) is 3.88. The first-order valence-corrected chi connectivity index (χ1v) is 7.44. The summed E-state index contributed by atoms with van der Waals surface area (Å²) in [5.41, 5.74) is 0. The highest BCUT2D eigenvalue weighted by atomic mass is 35.5. The highest BCUT2D eigenvalue weighted by molar-refractivity contribution is 7.09. The Bertz CT molecular complexity index is 564. The van der Waals surface area contributed by atoms with Crippen LogP contribution >= 0.6 is 34.5 Å². The van der Waals surface area contributed by atoms with E-state index in [2.05, 4.69) is 14.9 Å². The van der Waals surface area contributed by atoms with Crippen LogP contribution in [0.5, 0.6) is 0 Å². The lowest BCUT2D eigenvalue weighted by molar-refractivity contribution is 0.0394. The Labute approximate surface area is 125 Å². The summed E-state index contributed by atoms with van der Waals surface area (Å²) in [6.07, 6.45) is 3.37. The Morgan fingerprint density at radius 2 is 2.26 bits per heavy atom. The number of hydrogen-bond acceptors (Lipinski definition) is 5. The van der Waals surface area contributed by atoms with Gasteiger partial charge in [0.2, 0.25) is 0 Å². The number of ether oxygens (including phenoxy) is 1. The molecule has 1 saturated heterocycles. The Morgan fingerprint density at radius 3 is 3.00 bits per heavy atom. The van der Waals surface area contributed by atoms with Crippen molar-refractivity contribution in [1.29, 1.82) is 0 Å². The average molecular weight is 316 g/mol. The molecular weight excluding hydrogens is 305 g/mol. The third-order valence-corrected chi connectivity index (χ3v) is 4.23. The molecule has 1 unspecified atom stereocenters. The number of halogens is 2. The van der Waals surface area contributed by atoms with Crippen LogP contribution < -0.4 is 4.90 Å². The van der Waals surface area contributed by atoms with Gasteiger partial charge in [0.25, 0.3) is 0 Å². The molecule has 1 aliphatic heterocycles. The van der Waals surface area contributed by atoms with Crippen molar-refractivity contribution < 1.29 is 4.74 Å². The maximum absolute atomic E-state index is 6.19. The Hall–Kier alpha value is -0.880. The molecule has 0 N–H and O–H groups in total. The number of nitrogens with zero attached hydrogens (tertiary/aromatic N) is 3. The van der Waals surface area contributed by atoms with Crippen LogP contribution in [0.2, 0.25) is 10.0 Å². The summed E-state index contributed by atoms with van der Waals surface area (Å²) >= 11 is 13.7. The normalized spacial score (nSPS) is 19.7. The number of thiazole rings is 1. The summed E-state index contributed by atoms with van der Waals surface area (Å²) in [5, 5.41) is 4.03. The lowest BCUT2D eigenvalue weighted by atomic mass is 10.2. The fourth-order valence-corrected chi connectivity index (χ4v) is 3.20. The van der Waals surface area contributed by atoms with Gasteiger partial charge < -0.3 is 9.64 Å². The van der Waals surface area contributed by atoms with Crippen LogP contribution in [-0.2, 0) is 4.74 Å². The van der Waals surface area contributed by atoms with Gasteiger partial charge >= 0.3 is 0 Å². The van der Waals surface area contributed by atoms with E-state index in [4.69, 9.17) is 27.9 Å². The SMILES string of the molecule is Clc1cnc(N2CCOC(c3nccs3)C2)c(Cl)c1. The topological polar surface area (TPSA) is 38.2 Å². The molecule has 0 aromatic carbocycles. The van der Waals surface area contributed by atoms with Crippen molar-refractivity contribution in [3.63, 3.8) is 0 Å². The smallest absolute Gasteiger partial charge is 0.147 e. The van der Waals surface area contributed by atoms with Gasteiger partial charge in [0.05, 0.1) is 23.2 Å². The maximum Gasteiger partial charge on any atom is 0.147 e. The molecule has 1 aliphatic rings. The molecule has 1 atom stereocenters. The molecule has 3 heterocycles. The van der Waals surface area contributed by atoms with Crippen molar-refractivity contribution in [2.75, 3.05) is 24.6 Å². The molecule has 0 spiro atoms. The van der Waals surface area contributed by atoms with Crippen LogP contribution in [0.4, 0.5) is 5.82 Å². The summed E-state index contributed by atoms with van der Waals surface area (Å²) in [5.74, 6) is 0.746. The van der Waals surface area contributed by atoms with E-state index in [1.54, 1.807) is 29.8 Å². The molecule has 4 nitrogen and oxygen atoms in total. The van der Waals surface area contributed by atoms with Gasteiger partial charge in [-0.15, -0.1) is 11.3 Å². The minimum absolute atomic E-state index is 0.0257. The number of morpholine rings is 1. The highest BCUT2D eigenvalue weighted by Gasteiger charge is 2.25. The largest absolute Gasteiger partial charge is 0.367 e. The molecular formula is C12H11Cl2N3OS. The van der Waals surface area contributed by atoms with Crippen LogP contribution in [-0.4, -0.2) is 29.7 Å². The van der Waals surface area contributed by atoms with Crippen molar-refractivity contribution in [3.05, 3.63) is 38.9 Å². The monoisotopic (exact) mass is 315 g/mol. The standard InChI is InChI=1S/C12H11Cl2N3OS/c13-8-5-9(14)11(16-6-8)17-2-3-18-10(7-17)12-15-1-4-19-12/h1,4-6,10H,2-3,7H2. The van der Waals surface area contributed by atoms with Crippen LogP contribution in [0.25, 0.3) is 0 Å². The fourth-order valence-electron chi connectivity index (χ4n) is 2.02. The average Bonchev–Trinajstić information content (AvgIpc) is 2.93. The van der Waals surface area contributed by atoms with Gasteiger partial charge in [0.1, 0.15) is 16.9 Å². The fraction of sp³-hybridized carbons (Fsp3) is 0.333. The molecule has 1 fully saturated rings. The van der Waals surface area contributed by atoms with E-state index in [-0.39, 0.29) is 6.10 Å². The number of hydrogen-bond donors (Lipinski definition) is 0. The molecule has 0 saturated carbocycles. The van der Waals surface area contributed by atoms with Crippen molar-refractivity contribution in [2.24, 2.45) is 0 Å². The lowest BCUT2D eigenvalue weighted by Crippen LogP contribution is -2.39. The summed E-state index contributed by atoms with van der Waals surface area (Å²) in [7, 11) is 0. The Morgan fingerprint density at radius 1 is 1.37 bits per heavy atom. The van der Waals surface area contributed by atoms with Crippen molar-refractivity contribution in [3.8, 4) is 0 Å². The van der Waals surface area contributed by atoms with Crippen LogP contribution in [0.15, 0.2) is 23.8 Å². The van der Waals surface area contributed by atoms with Gasteiger partial charge in [-0.2, -0.15) is 0 Å². The van der Waals surface area contributed by atoms with Gasteiger partial charge in [-0.25, -0.2) is 9.97 Å². The zero-order chi connectivity index (χ0) is 13.2. The van der Waals surface area contributed by atoms with E-state index in [1.165, 1.54) is 0 Å². The van der Waals surface area contributed by atoms with Crippen LogP contribution in [0, 0.1) is 0 Å². The molecule has 3 rings (SSSR count). The predicted octanol–water partition coefficient (Wildman–Crippen LogP) is 3.42. The second kappa shape index (κ2) is 5.63. The molecule has 7 heteroatoms. The first-order valence-electron chi connectivity index (χ1n) is 5.81.